The summed E-state index contributed by atoms with van der Waals surface area (Å²) in [5.41, 5.74) is 0. The second kappa shape index (κ2) is 52.7. The molecule has 0 bridgehead atoms. The molecule has 6 nitrogen and oxygen atoms in total. The first-order valence-corrected chi connectivity index (χ1v) is 26.5. The van der Waals surface area contributed by atoms with E-state index in [2.05, 4.69) is 45.1 Å². The van der Waals surface area contributed by atoms with E-state index < -0.39 is 6.10 Å². The smallest absolute Gasteiger partial charge is 0.306 e. The van der Waals surface area contributed by atoms with Gasteiger partial charge in [-0.15, -0.1) is 0 Å². The highest BCUT2D eigenvalue weighted by Crippen LogP contribution is 2.16. The van der Waals surface area contributed by atoms with E-state index in [-0.39, 0.29) is 37.5 Å². The normalized spacial score (nSPS) is 13.0. The topological polar surface area (TPSA) is 78.9 Å². The Morgan fingerprint density at radius 3 is 0.938 bits per heavy atom. The van der Waals surface area contributed by atoms with Crippen molar-refractivity contribution in [3.63, 3.8) is 0 Å². The van der Waals surface area contributed by atoms with Crippen molar-refractivity contribution in [3.05, 3.63) is 109 Å². The lowest BCUT2D eigenvalue weighted by Crippen LogP contribution is -2.30. The van der Waals surface area contributed by atoms with Gasteiger partial charge in [0, 0.05) is 19.3 Å². The summed E-state index contributed by atoms with van der Waals surface area (Å²) in [6.45, 7) is 6.28. The van der Waals surface area contributed by atoms with Crippen LogP contribution in [0.25, 0.3) is 0 Å². The van der Waals surface area contributed by atoms with Crippen LogP contribution in [0, 0.1) is 0 Å². The van der Waals surface area contributed by atoms with Gasteiger partial charge in [-0.25, -0.2) is 0 Å². The van der Waals surface area contributed by atoms with Crippen molar-refractivity contribution in [2.75, 3.05) is 13.2 Å². The Morgan fingerprint density at radius 2 is 0.600 bits per heavy atom. The molecule has 0 aliphatic heterocycles. The molecule has 65 heavy (non-hydrogen) atoms. The molecule has 0 aromatic rings. The standard InChI is InChI=1S/C59H96O6/c1-4-7-10-13-16-19-22-25-27-28-29-30-32-34-37-40-43-46-49-52-58(61)64-55-56(54-63-57(60)51-48-45-42-39-36-33-24-21-18-15-12-9-6-3)65-59(62)53-50-47-44-41-38-35-31-26-23-20-17-14-11-8-5-2/h8-9,11-12,14-15,17-18,20-21,23-24,26,31,33,35-36,38,56H,4-7,10,13,16,19,22,25,27-30,32,34,37,39-55H2,1-3H3/b11-8-,12-9-,17-14-,18-15-,23-20-,24-21-,31-26-,36-33-,38-35-. The average Bonchev–Trinajstić information content (AvgIpc) is 3.30. The molecular formula is C59H96O6. The zero-order valence-corrected chi connectivity index (χ0v) is 42.0. The lowest BCUT2D eigenvalue weighted by Gasteiger charge is -2.18. The third kappa shape index (κ3) is 50.9. The van der Waals surface area contributed by atoms with Crippen LogP contribution < -0.4 is 0 Å². The molecule has 6 heteroatoms. The maximum absolute atomic E-state index is 12.8. The maximum atomic E-state index is 12.8. The summed E-state index contributed by atoms with van der Waals surface area (Å²) in [4.78, 5) is 38.0. The molecule has 0 fully saturated rings. The minimum absolute atomic E-state index is 0.108. The van der Waals surface area contributed by atoms with Crippen LogP contribution in [0.4, 0.5) is 0 Å². The van der Waals surface area contributed by atoms with Gasteiger partial charge < -0.3 is 14.2 Å². The molecule has 0 radical (unpaired) electrons. The summed E-state index contributed by atoms with van der Waals surface area (Å²) < 4.78 is 16.7. The molecule has 0 heterocycles. The lowest BCUT2D eigenvalue weighted by molar-refractivity contribution is -0.167. The molecule has 0 aromatic heterocycles. The fraction of sp³-hybridized carbons (Fsp3) is 0.644. The first-order valence-electron chi connectivity index (χ1n) is 26.5. The minimum Gasteiger partial charge on any atom is -0.462 e. The highest BCUT2D eigenvalue weighted by Gasteiger charge is 2.19. The van der Waals surface area contributed by atoms with Gasteiger partial charge in [0.15, 0.2) is 6.10 Å². The second-order valence-corrected chi connectivity index (χ2v) is 17.2. The number of hydrogen-bond acceptors (Lipinski definition) is 6. The number of ether oxygens (including phenoxy) is 3. The van der Waals surface area contributed by atoms with Crippen LogP contribution in [0.1, 0.15) is 226 Å². The van der Waals surface area contributed by atoms with Crippen LogP contribution in [-0.4, -0.2) is 37.2 Å². The van der Waals surface area contributed by atoms with Crippen molar-refractivity contribution >= 4 is 17.9 Å². The summed E-state index contributed by atoms with van der Waals surface area (Å²) >= 11 is 0. The monoisotopic (exact) mass is 901 g/mol. The number of carbonyl (C=O) groups excluding carboxylic acids is 3. The second-order valence-electron chi connectivity index (χ2n) is 17.2. The molecule has 0 amide bonds. The van der Waals surface area contributed by atoms with Gasteiger partial charge >= 0.3 is 17.9 Å². The van der Waals surface area contributed by atoms with Gasteiger partial charge in [-0.05, 0) is 57.8 Å². The fourth-order valence-corrected chi connectivity index (χ4v) is 7.06. The molecular weight excluding hydrogens is 805 g/mol. The third-order valence-electron chi connectivity index (χ3n) is 11.0. The van der Waals surface area contributed by atoms with Crippen LogP contribution in [0.2, 0.25) is 0 Å². The first kappa shape index (κ1) is 61.1. The molecule has 0 saturated carbocycles. The molecule has 0 N–H and O–H groups in total. The van der Waals surface area contributed by atoms with Crippen molar-refractivity contribution in [1.82, 2.24) is 0 Å². The predicted molar refractivity (Wildman–Crippen MR) is 279 cm³/mol. The molecule has 368 valence electrons. The molecule has 0 aliphatic carbocycles. The summed E-state index contributed by atoms with van der Waals surface area (Å²) in [7, 11) is 0. The zero-order valence-electron chi connectivity index (χ0n) is 42.0. The summed E-state index contributed by atoms with van der Waals surface area (Å²) in [6, 6.07) is 0. The first-order chi connectivity index (χ1) is 32.0. The van der Waals surface area contributed by atoms with E-state index in [1.165, 1.54) is 103 Å². The van der Waals surface area contributed by atoms with E-state index in [0.717, 1.165) is 77.0 Å². The van der Waals surface area contributed by atoms with Crippen molar-refractivity contribution < 1.29 is 28.6 Å². The minimum atomic E-state index is -0.816. The number of esters is 3. The predicted octanol–water partition coefficient (Wildman–Crippen LogP) is 17.5. The fourth-order valence-electron chi connectivity index (χ4n) is 7.06. The van der Waals surface area contributed by atoms with Crippen molar-refractivity contribution in [3.8, 4) is 0 Å². The van der Waals surface area contributed by atoms with E-state index in [1.807, 2.05) is 85.1 Å². The Morgan fingerprint density at radius 1 is 0.323 bits per heavy atom. The third-order valence-corrected chi connectivity index (χ3v) is 11.0. The van der Waals surface area contributed by atoms with E-state index in [4.69, 9.17) is 14.2 Å². The summed E-state index contributed by atoms with van der Waals surface area (Å²) in [5, 5.41) is 0. The maximum Gasteiger partial charge on any atom is 0.306 e. The van der Waals surface area contributed by atoms with Gasteiger partial charge in [-0.2, -0.15) is 0 Å². The van der Waals surface area contributed by atoms with E-state index >= 15 is 0 Å². The average molecular weight is 901 g/mol. The van der Waals surface area contributed by atoms with E-state index in [0.29, 0.717) is 19.3 Å². The summed E-state index contributed by atoms with van der Waals surface area (Å²) in [5.74, 6) is -0.993. The lowest BCUT2D eigenvalue weighted by atomic mass is 10.0. The number of hydrogen-bond donors (Lipinski definition) is 0. The zero-order chi connectivity index (χ0) is 47.2. The van der Waals surface area contributed by atoms with E-state index in [1.54, 1.807) is 0 Å². The van der Waals surface area contributed by atoms with Gasteiger partial charge in [-0.1, -0.05) is 259 Å². The van der Waals surface area contributed by atoms with Crippen LogP contribution in [0.3, 0.4) is 0 Å². The van der Waals surface area contributed by atoms with Gasteiger partial charge in [-0.3, -0.25) is 14.4 Å². The molecule has 0 rings (SSSR count). The van der Waals surface area contributed by atoms with Gasteiger partial charge in [0.1, 0.15) is 13.2 Å². The Balaban J connectivity index is 4.46. The highest BCUT2D eigenvalue weighted by molar-refractivity contribution is 5.71. The van der Waals surface area contributed by atoms with Crippen LogP contribution in [0.5, 0.6) is 0 Å². The van der Waals surface area contributed by atoms with Crippen LogP contribution in [0.15, 0.2) is 109 Å². The Hall–Kier alpha value is -3.93. The largest absolute Gasteiger partial charge is 0.462 e. The quantitative estimate of drug-likeness (QED) is 0.0262. The Labute approximate surface area is 400 Å². The molecule has 0 aliphatic rings. The molecule has 1 unspecified atom stereocenters. The summed E-state index contributed by atoms with van der Waals surface area (Å²) in [6.07, 6.45) is 70.8. The van der Waals surface area contributed by atoms with Crippen molar-refractivity contribution in [1.29, 1.82) is 0 Å². The Bertz CT molecular complexity index is 1360. The van der Waals surface area contributed by atoms with Crippen LogP contribution >= 0.6 is 0 Å². The van der Waals surface area contributed by atoms with Crippen molar-refractivity contribution in [2.45, 2.75) is 232 Å². The SMILES string of the molecule is CC\C=C/C=C\C=C/C=C\C=C/CCCCCC(=O)OC(COC(=O)CCCCC\C=C/C=C\C=C/C=C\CC)COC(=O)CCCCCCCCCCCCCCCCCCCCC. The van der Waals surface area contributed by atoms with Gasteiger partial charge in [0.05, 0.1) is 0 Å². The molecule has 1 atom stereocenters. The number of rotatable bonds is 46. The number of carbonyl (C=O) groups is 3. The Kier molecular flexibility index (Phi) is 49.5. The van der Waals surface area contributed by atoms with Crippen molar-refractivity contribution in [2.24, 2.45) is 0 Å². The number of unbranched alkanes of at least 4 members (excludes halogenated alkanes) is 24. The van der Waals surface area contributed by atoms with Crippen LogP contribution in [-0.2, 0) is 28.6 Å². The number of allylic oxidation sites excluding steroid dienone is 18. The molecule has 0 saturated heterocycles. The van der Waals surface area contributed by atoms with Gasteiger partial charge in [0.2, 0.25) is 0 Å². The molecule has 0 spiro atoms. The van der Waals surface area contributed by atoms with E-state index in [9.17, 15) is 14.4 Å². The highest BCUT2D eigenvalue weighted by atomic mass is 16.6. The van der Waals surface area contributed by atoms with Gasteiger partial charge in [0.25, 0.3) is 0 Å². The molecule has 0 aromatic carbocycles.